The first-order valence-corrected chi connectivity index (χ1v) is 5.70. The van der Waals surface area contributed by atoms with Crippen molar-refractivity contribution in [1.82, 2.24) is 9.97 Å². The van der Waals surface area contributed by atoms with Crippen molar-refractivity contribution in [3.8, 4) is 5.88 Å². The van der Waals surface area contributed by atoms with Gasteiger partial charge in [-0.1, -0.05) is 24.3 Å². The molecule has 18 heavy (non-hydrogen) atoms. The van der Waals surface area contributed by atoms with Crippen LogP contribution in [0.1, 0.15) is 11.1 Å². The molecule has 1 aromatic heterocycles. The lowest BCUT2D eigenvalue weighted by atomic mass is 10.1. The molecule has 3 N–H and O–H groups in total. The van der Waals surface area contributed by atoms with Crippen LogP contribution in [0.5, 0.6) is 5.88 Å². The summed E-state index contributed by atoms with van der Waals surface area (Å²) in [4.78, 5) is 8.27. The number of hydrogen-bond acceptors (Lipinski definition) is 5. The van der Waals surface area contributed by atoms with Gasteiger partial charge in [0, 0.05) is 13.1 Å². The molecule has 0 aliphatic carbocycles. The highest BCUT2D eigenvalue weighted by Crippen LogP contribution is 2.12. The highest BCUT2D eigenvalue weighted by atomic mass is 16.5. The zero-order valence-electron chi connectivity index (χ0n) is 10.3. The first kappa shape index (κ1) is 12.3. The number of nitrogens with two attached hydrogens (primary N) is 1. The topological polar surface area (TPSA) is 73.1 Å². The lowest BCUT2D eigenvalue weighted by molar-refractivity contribution is 0.396. The van der Waals surface area contributed by atoms with Crippen LogP contribution in [0.3, 0.4) is 0 Å². The smallest absolute Gasteiger partial charge is 0.233 e. The zero-order valence-corrected chi connectivity index (χ0v) is 10.3. The fourth-order valence-corrected chi connectivity index (χ4v) is 1.65. The van der Waals surface area contributed by atoms with Gasteiger partial charge in [0.05, 0.1) is 19.5 Å². The number of methoxy groups -OCH3 is 1. The molecule has 2 aromatic rings. The minimum absolute atomic E-state index is 0.493. The number of benzene rings is 1. The van der Waals surface area contributed by atoms with E-state index in [0.29, 0.717) is 24.8 Å². The Bertz CT molecular complexity index is 516. The molecule has 0 amide bonds. The van der Waals surface area contributed by atoms with E-state index in [2.05, 4.69) is 15.3 Å². The molecule has 5 heteroatoms. The largest absolute Gasteiger partial charge is 0.480 e. The van der Waals surface area contributed by atoms with Crippen LogP contribution in [-0.2, 0) is 13.1 Å². The second-order valence-corrected chi connectivity index (χ2v) is 3.77. The summed E-state index contributed by atoms with van der Waals surface area (Å²) in [6, 6.07) is 8.04. The van der Waals surface area contributed by atoms with Gasteiger partial charge in [-0.3, -0.25) is 4.98 Å². The molecule has 0 saturated carbocycles. The summed E-state index contributed by atoms with van der Waals surface area (Å²) in [6.07, 6.45) is 3.23. The van der Waals surface area contributed by atoms with Gasteiger partial charge in [0.25, 0.3) is 0 Å². The van der Waals surface area contributed by atoms with Gasteiger partial charge in [-0.2, -0.15) is 4.98 Å². The van der Waals surface area contributed by atoms with Crippen LogP contribution >= 0.6 is 0 Å². The lowest BCUT2D eigenvalue weighted by Gasteiger charge is -2.09. The second kappa shape index (κ2) is 5.97. The average Bonchev–Trinajstić information content (AvgIpc) is 2.45. The maximum atomic E-state index is 5.69. The van der Waals surface area contributed by atoms with E-state index in [1.165, 1.54) is 0 Å². The Labute approximate surface area is 106 Å². The van der Waals surface area contributed by atoms with Gasteiger partial charge in [-0.05, 0) is 11.1 Å². The molecule has 5 nitrogen and oxygen atoms in total. The van der Waals surface area contributed by atoms with Crippen LogP contribution in [0, 0.1) is 0 Å². The number of ether oxygens (including phenoxy) is 1. The first-order chi connectivity index (χ1) is 8.83. The van der Waals surface area contributed by atoms with E-state index in [1.54, 1.807) is 19.5 Å². The van der Waals surface area contributed by atoms with Gasteiger partial charge < -0.3 is 15.8 Å². The van der Waals surface area contributed by atoms with Crippen LogP contribution in [0.4, 0.5) is 5.82 Å². The number of anilines is 1. The minimum Gasteiger partial charge on any atom is -0.480 e. The Morgan fingerprint density at radius 2 is 2.00 bits per heavy atom. The van der Waals surface area contributed by atoms with E-state index in [4.69, 9.17) is 10.5 Å². The van der Waals surface area contributed by atoms with Crippen molar-refractivity contribution < 1.29 is 4.74 Å². The molecular formula is C13H16N4O. The summed E-state index contributed by atoms with van der Waals surface area (Å²) in [5, 5.41) is 3.20. The molecule has 94 valence electrons. The number of rotatable bonds is 5. The predicted molar refractivity (Wildman–Crippen MR) is 70.2 cm³/mol. The van der Waals surface area contributed by atoms with Gasteiger partial charge in [0.2, 0.25) is 5.88 Å². The van der Waals surface area contributed by atoms with Crippen molar-refractivity contribution in [3.63, 3.8) is 0 Å². The zero-order chi connectivity index (χ0) is 12.8. The third-order valence-corrected chi connectivity index (χ3v) is 2.62. The Hall–Kier alpha value is -2.14. The van der Waals surface area contributed by atoms with Crippen LogP contribution < -0.4 is 15.8 Å². The normalized spacial score (nSPS) is 10.1. The van der Waals surface area contributed by atoms with Crippen molar-refractivity contribution in [1.29, 1.82) is 0 Å². The molecule has 0 fully saturated rings. The first-order valence-electron chi connectivity index (χ1n) is 5.70. The molecule has 0 unspecified atom stereocenters. The van der Waals surface area contributed by atoms with Gasteiger partial charge in [0.15, 0.2) is 0 Å². The van der Waals surface area contributed by atoms with Crippen molar-refractivity contribution in [2.24, 2.45) is 5.73 Å². The maximum Gasteiger partial charge on any atom is 0.233 e. The van der Waals surface area contributed by atoms with E-state index in [1.807, 2.05) is 24.3 Å². The summed E-state index contributed by atoms with van der Waals surface area (Å²) in [5.41, 5.74) is 7.97. The summed E-state index contributed by atoms with van der Waals surface area (Å²) < 4.78 is 5.02. The molecule has 0 atom stereocenters. The highest BCUT2D eigenvalue weighted by Gasteiger charge is 2.01. The van der Waals surface area contributed by atoms with Gasteiger partial charge in [-0.15, -0.1) is 0 Å². The van der Waals surface area contributed by atoms with Crippen LogP contribution in [0.25, 0.3) is 0 Å². The third kappa shape index (κ3) is 2.95. The summed E-state index contributed by atoms with van der Waals surface area (Å²) in [6.45, 7) is 1.19. The average molecular weight is 244 g/mol. The van der Waals surface area contributed by atoms with E-state index in [9.17, 15) is 0 Å². The lowest BCUT2D eigenvalue weighted by Crippen LogP contribution is -2.07. The SMILES string of the molecule is COc1cncc(NCc2ccccc2CN)n1. The fourth-order valence-electron chi connectivity index (χ4n) is 1.65. The van der Waals surface area contributed by atoms with Crippen molar-refractivity contribution in [2.45, 2.75) is 13.1 Å². The maximum absolute atomic E-state index is 5.69. The summed E-state index contributed by atoms with van der Waals surface area (Å²) >= 11 is 0. The Morgan fingerprint density at radius 3 is 2.72 bits per heavy atom. The molecule has 0 aliphatic heterocycles. The van der Waals surface area contributed by atoms with Gasteiger partial charge in [0.1, 0.15) is 5.82 Å². The molecule has 0 aliphatic rings. The van der Waals surface area contributed by atoms with Gasteiger partial charge >= 0.3 is 0 Å². The molecule has 0 bridgehead atoms. The number of hydrogen-bond donors (Lipinski definition) is 2. The van der Waals surface area contributed by atoms with Crippen molar-refractivity contribution >= 4 is 5.82 Å². The van der Waals surface area contributed by atoms with Crippen LogP contribution in [0.2, 0.25) is 0 Å². The number of nitrogens with zero attached hydrogens (tertiary/aromatic N) is 2. The Morgan fingerprint density at radius 1 is 1.22 bits per heavy atom. The van der Waals surface area contributed by atoms with E-state index in [0.717, 1.165) is 11.1 Å². The fraction of sp³-hybridized carbons (Fsp3) is 0.231. The highest BCUT2D eigenvalue weighted by molar-refractivity contribution is 5.36. The molecule has 1 aromatic carbocycles. The monoisotopic (exact) mass is 244 g/mol. The molecule has 0 saturated heterocycles. The third-order valence-electron chi connectivity index (χ3n) is 2.62. The van der Waals surface area contributed by atoms with Crippen LogP contribution in [-0.4, -0.2) is 17.1 Å². The number of nitrogens with one attached hydrogen (secondary N) is 1. The molecular weight excluding hydrogens is 228 g/mol. The predicted octanol–water partition coefficient (Wildman–Crippen LogP) is 1.56. The second-order valence-electron chi connectivity index (χ2n) is 3.77. The minimum atomic E-state index is 0.493. The van der Waals surface area contributed by atoms with Crippen molar-refractivity contribution in [2.75, 3.05) is 12.4 Å². The molecule has 0 spiro atoms. The summed E-state index contributed by atoms with van der Waals surface area (Å²) in [7, 11) is 1.57. The van der Waals surface area contributed by atoms with Gasteiger partial charge in [-0.25, -0.2) is 0 Å². The van der Waals surface area contributed by atoms with Crippen LogP contribution in [0.15, 0.2) is 36.7 Å². The molecule has 2 rings (SSSR count). The molecule has 1 heterocycles. The van der Waals surface area contributed by atoms with E-state index in [-0.39, 0.29) is 0 Å². The number of aromatic nitrogens is 2. The molecule has 0 radical (unpaired) electrons. The quantitative estimate of drug-likeness (QED) is 0.835. The van der Waals surface area contributed by atoms with E-state index >= 15 is 0 Å². The summed E-state index contributed by atoms with van der Waals surface area (Å²) in [5.74, 6) is 1.17. The van der Waals surface area contributed by atoms with Crippen molar-refractivity contribution in [3.05, 3.63) is 47.8 Å². The standard InChI is InChI=1S/C13H16N4O/c1-18-13-9-15-8-12(17-13)16-7-11-5-3-2-4-10(11)6-14/h2-5,8-9H,6-7,14H2,1H3,(H,16,17). The van der Waals surface area contributed by atoms with E-state index < -0.39 is 0 Å². The Kier molecular flexibility index (Phi) is 4.09. The Balaban J connectivity index is 2.06.